The zero-order valence-corrected chi connectivity index (χ0v) is 18.5. The topological polar surface area (TPSA) is 78.4 Å². The summed E-state index contributed by atoms with van der Waals surface area (Å²) in [6.07, 6.45) is 0. The van der Waals surface area contributed by atoms with Gasteiger partial charge in [-0.05, 0) is 24.3 Å². The minimum atomic E-state index is -0.862. The molecular formula is C21H19F2N5O2S2. The molecule has 1 aliphatic rings. The molecule has 0 saturated carbocycles. The van der Waals surface area contributed by atoms with E-state index in [4.69, 9.17) is 0 Å². The first-order chi connectivity index (χ1) is 15.5. The van der Waals surface area contributed by atoms with Crippen molar-refractivity contribution in [2.45, 2.75) is 4.34 Å². The van der Waals surface area contributed by atoms with Crippen molar-refractivity contribution in [3.05, 3.63) is 65.7 Å². The highest BCUT2D eigenvalue weighted by Gasteiger charge is 2.26. The van der Waals surface area contributed by atoms with Gasteiger partial charge in [0.1, 0.15) is 11.6 Å². The van der Waals surface area contributed by atoms with Gasteiger partial charge in [-0.2, -0.15) is 0 Å². The summed E-state index contributed by atoms with van der Waals surface area (Å²) in [7, 11) is 0. The molecule has 4 rings (SSSR count). The van der Waals surface area contributed by atoms with Crippen LogP contribution in [0.1, 0.15) is 10.4 Å². The van der Waals surface area contributed by atoms with E-state index in [2.05, 4.69) is 15.5 Å². The van der Waals surface area contributed by atoms with Gasteiger partial charge in [-0.3, -0.25) is 9.59 Å². The molecule has 7 nitrogen and oxygen atoms in total. The number of amides is 2. The van der Waals surface area contributed by atoms with Gasteiger partial charge in [0.25, 0.3) is 5.91 Å². The lowest BCUT2D eigenvalue weighted by molar-refractivity contribution is -0.113. The minimum Gasteiger partial charge on any atom is -0.343 e. The second-order valence-electron chi connectivity index (χ2n) is 6.96. The first-order valence-electron chi connectivity index (χ1n) is 9.80. The summed E-state index contributed by atoms with van der Waals surface area (Å²) in [5, 5.41) is 11.9. The summed E-state index contributed by atoms with van der Waals surface area (Å²) in [5.74, 6) is -1.95. The maximum atomic E-state index is 13.9. The van der Waals surface area contributed by atoms with Crippen molar-refractivity contribution in [2.24, 2.45) is 0 Å². The molecule has 2 aromatic carbocycles. The van der Waals surface area contributed by atoms with Crippen LogP contribution in [0.4, 0.5) is 19.6 Å². The number of rotatable bonds is 6. The third-order valence-electron chi connectivity index (χ3n) is 4.78. The molecule has 2 heterocycles. The number of nitrogens with zero attached hydrogens (tertiary/aromatic N) is 4. The van der Waals surface area contributed by atoms with Gasteiger partial charge in [-0.1, -0.05) is 41.3 Å². The van der Waals surface area contributed by atoms with Gasteiger partial charge < -0.3 is 15.1 Å². The fourth-order valence-corrected chi connectivity index (χ4v) is 4.86. The summed E-state index contributed by atoms with van der Waals surface area (Å²) in [5.41, 5.74) is 0.604. The fourth-order valence-electron chi connectivity index (χ4n) is 3.17. The molecule has 0 bridgehead atoms. The van der Waals surface area contributed by atoms with Crippen LogP contribution >= 0.6 is 23.1 Å². The SMILES string of the molecule is O=C(CSc1nnc(N2CCN(C(=O)c3ccc(F)cc3F)CC2)s1)Nc1ccccc1. The van der Waals surface area contributed by atoms with Crippen LogP contribution in [0.5, 0.6) is 0 Å². The van der Waals surface area contributed by atoms with E-state index in [-0.39, 0.29) is 17.2 Å². The maximum absolute atomic E-state index is 13.9. The van der Waals surface area contributed by atoms with E-state index in [0.717, 1.165) is 11.8 Å². The average molecular weight is 476 g/mol. The van der Waals surface area contributed by atoms with E-state index in [1.165, 1.54) is 34.1 Å². The standard InChI is InChI=1S/C21H19F2N5O2S2/c22-14-6-7-16(17(23)12-14)19(30)27-8-10-28(11-9-27)20-25-26-21(32-20)31-13-18(29)24-15-4-2-1-3-5-15/h1-7,12H,8-11,13H2,(H,24,29). The maximum Gasteiger partial charge on any atom is 0.256 e. The van der Waals surface area contributed by atoms with Crippen molar-refractivity contribution < 1.29 is 18.4 Å². The predicted octanol–water partition coefficient (Wildman–Crippen LogP) is 3.51. The number of aromatic nitrogens is 2. The van der Waals surface area contributed by atoms with Gasteiger partial charge in [0.2, 0.25) is 11.0 Å². The molecular weight excluding hydrogens is 456 g/mol. The zero-order chi connectivity index (χ0) is 22.5. The Kier molecular flexibility index (Phi) is 6.96. The number of para-hydroxylation sites is 1. The van der Waals surface area contributed by atoms with Crippen LogP contribution in [0.25, 0.3) is 0 Å². The Morgan fingerprint density at radius 3 is 2.50 bits per heavy atom. The van der Waals surface area contributed by atoms with E-state index < -0.39 is 17.5 Å². The molecule has 32 heavy (non-hydrogen) atoms. The molecule has 0 radical (unpaired) electrons. The van der Waals surface area contributed by atoms with Gasteiger partial charge in [0, 0.05) is 37.9 Å². The largest absolute Gasteiger partial charge is 0.343 e. The molecule has 0 atom stereocenters. The summed E-state index contributed by atoms with van der Waals surface area (Å²) in [4.78, 5) is 28.2. The molecule has 0 aliphatic carbocycles. The van der Waals surface area contributed by atoms with Crippen molar-refractivity contribution in [1.29, 1.82) is 0 Å². The third-order valence-corrected chi connectivity index (χ3v) is 6.90. The number of nitrogens with one attached hydrogen (secondary N) is 1. The lowest BCUT2D eigenvalue weighted by atomic mass is 10.1. The van der Waals surface area contributed by atoms with Crippen molar-refractivity contribution in [3.8, 4) is 0 Å². The summed E-state index contributed by atoms with van der Waals surface area (Å²) >= 11 is 2.69. The highest BCUT2D eigenvalue weighted by Crippen LogP contribution is 2.29. The van der Waals surface area contributed by atoms with Crippen molar-refractivity contribution >= 4 is 45.7 Å². The lowest BCUT2D eigenvalue weighted by Gasteiger charge is -2.34. The van der Waals surface area contributed by atoms with Gasteiger partial charge in [-0.25, -0.2) is 8.78 Å². The molecule has 1 N–H and O–H groups in total. The Labute approximate surface area is 191 Å². The third kappa shape index (κ3) is 5.40. The highest BCUT2D eigenvalue weighted by atomic mass is 32.2. The molecule has 166 valence electrons. The first kappa shape index (κ1) is 22.2. The zero-order valence-electron chi connectivity index (χ0n) is 16.8. The average Bonchev–Trinajstić information content (AvgIpc) is 3.27. The summed E-state index contributed by atoms with van der Waals surface area (Å²) in [6, 6.07) is 12.2. The number of anilines is 2. The molecule has 1 aromatic heterocycles. The Morgan fingerprint density at radius 1 is 1.03 bits per heavy atom. The normalized spacial score (nSPS) is 13.8. The molecule has 2 amide bonds. The van der Waals surface area contributed by atoms with Crippen LogP contribution in [-0.4, -0.2) is 58.8 Å². The Hall–Kier alpha value is -3.05. The molecule has 1 aliphatic heterocycles. The van der Waals surface area contributed by atoms with Crippen LogP contribution in [0, 0.1) is 11.6 Å². The number of hydrogen-bond acceptors (Lipinski definition) is 7. The predicted molar refractivity (Wildman–Crippen MR) is 120 cm³/mol. The number of hydrogen-bond donors (Lipinski definition) is 1. The number of thioether (sulfide) groups is 1. The number of benzene rings is 2. The number of piperazine rings is 1. The lowest BCUT2D eigenvalue weighted by Crippen LogP contribution is -2.49. The van der Waals surface area contributed by atoms with Crippen LogP contribution in [0.15, 0.2) is 52.9 Å². The van der Waals surface area contributed by atoms with E-state index >= 15 is 0 Å². The minimum absolute atomic E-state index is 0.127. The van der Waals surface area contributed by atoms with Crippen LogP contribution in [0.3, 0.4) is 0 Å². The quantitative estimate of drug-likeness (QED) is 0.550. The van der Waals surface area contributed by atoms with Gasteiger partial charge in [0.15, 0.2) is 4.34 Å². The molecule has 11 heteroatoms. The Morgan fingerprint density at radius 2 is 1.78 bits per heavy atom. The number of halogens is 2. The molecule has 1 saturated heterocycles. The second kappa shape index (κ2) is 10.0. The van der Waals surface area contributed by atoms with Crippen molar-refractivity contribution in [3.63, 3.8) is 0 Å². The number of carbonyl (C=O) groups is 2. The molecule has 1 fully saturated rings. The molecule has 3 aromatic rings. The molecule has 0 unspecified atom stereocenters. The summed E-state index contributed by atoms with van der Waals surface area (Å²) < 4.78 is 27.7. The smallest absolute Gasteiger partial charge is 0.256 e. The Bertz CT molecular complexity index is 1100. The van der Waals surface area contributed by atoms with E-state index in [1.807, 2.05) is 35.2 Å². The van der Waals surface area contributed by atoms with Crippen molar-refractivity contribution in [1.82, 2.24) is 15.1 Å². The second-order valence-corrected chi connectivity index (χ2v) is 9.14. The van der Waals surface area contributed by atoms with Crippen LogP contribution < -0.4 is 10.2 Å². The Balaban J connectivity index is 1.27. The summed E-state index contributed by atoms with van der Waals surface area (Å²) in [6.45, 7) is 1.80. The van der Waals surface area contributed by atoms with Gasteiger partial charge in [-0.15, -0.1) is 10.2 Å². The van der Waals surface area contributed by atoms with E-state index in [1.54, 1.807) is 0 Å². The fraction of sp³-hybridized carbons (Fsp3) is 0.238. The van der Waals surface area contributed by atoms with Crippen molar-refractivity contribution in [2.75, 3.05) is 42.1 Å². The van der Waals surface area contributed by atoms with E-state index in [9.17, 15) is 18.4 Å². The van der Waals surface area contributed by atoms with Gasteiger partial charge in [0.05, 0.1) is 11.3 Å². The highest BCUT2D eigenvalue weighted by molar-refractivity contribution is 8.01. The van der Waals surface area contributed by atoms with E-state index in [0.29, 0.717) is 41.7 Å². The monoisotopic (exact) mass is 475 g/mol. The molecule has 0 spiro atoms. The van der Waals surface area contributed by atoms with Crippen LogP contribution in [-0.2, 0) is 4.79 Å². The van der Waals surface area contributed by atoms with Crippen LogP contribution in [0.2, 0.25) is 0 Å². The number of carbonyl (C=O) groups excluding carboxylic acids is 2. The van der Waals surface area contributed by atoms with Gasteiger partial charge >= 0.3 is 0 Å². The first-order valence-corrected chi connectivity index (χ1v) is 11.6.